The van der Waals surface area contributed by atoms with E-state index >= 15 is 0 Å². The lowest BCUT2D eigenvalue weighted by Crippen LogP contribution is -2.55. The molecule has 1 spiro atoms. The number of ether oxygens (including phenoxy) is 2. The Morgan fingerprint density at radius 2 is 1.90 bits per heavy atom. The van der Waals surface area contributed by atoms with Crippen molar-refractivity contribution in [1.82, 2.24) is 0 Å². The van der Waals surface area contributed by atoms with Crippen molar-refractivity contribution in [1.29, 1.82) is 0 Å². The summed E-state index contributed by atoms with van der Waals surface area (Å²) >= 11 is 0. The van der Waals surface area contributed by atoms with Gasteiger partial charge < -0.3 is 9.47 Å². The molecule has 2 bridgehead atoms. The summed E-state index contributed by atoms with van der Waals surface area (Å²) in [6.07, 6.45) is 7.43. The summed E-state index contributed by atoms with van der Waals surface area (Å²) in [5.41, 5.74) is -0.578. The van der Waals surface area contributed by atoms with Gasteiger partial charge in [0.15, 0.2) is 5.79 Å². The third kappa shape index (κ3) is 1.65. The summed E-state index contributed by atoms with van der Waals surface area (Å²) in [5.74, 6) is 0.197. The quantitative estimate of drug-likeness (QED) is 0.692. The lowest BCUT2D eigenvalue weighted by atomic mass is 9.78. The summed E-state index contributed by atoms with van der Waals surface area (Å²) in [6.45, 7) is 0.665. The molecule has 2 saturated heterocycles. The maximum Gasteiger partial charge on any atom is 0.271 e. The first-order chi connectivity index (χ1) is 10.0. The predicted octanol–water partition coefficient (Wildman–Crippen LogP) is 1.96. The van der Waals surface area contributed by atoms with E-state index < -0.39 is 21.5 Å². The van der Waals surface area contributed by atoms with Crippen LogP contribution in [-0.2, 0) is 23.8 Å². The van der Waals surface area contributed by atoms with E-state index in [1.165, 1.54) is 0 Å². The molecular formula is C15H22O5S. The van der Waals surface area contributed by atoms with Crippen molar-refractivity contribution in [2.24, 2.45) is 11.8 Å². The minimum absolute atomic E-state index is 0.112. The van der Waals surface area contributed by atoms with E-state index in [2.05, 4.69) is 0 Å². The molecule has 5 aliphatic rings. The van der Waals surface area contributed by atoms with E-state index in [0.717, 1.165) is 51.4 Å². The van der Waals surface area contributed by atoms with Crippen molar-refractivity contribution in [2.45, 2.75) is 74.1 Å². The molecule has 2 aliphatic heterocycles. The highest BCUT2D eigenvalue weighted by molar-refractivity contribution is 7.87. The molecule has 6 heteroatoms. The second-order valence-corrected chi connectivity index (χ2v) is 9.34. The van der Waals surface area contributed by atoms with E-state index in [9.17, 15) is 8.42 Å². The maximum absolute atomic E-state index is 12.3. The van der Waals surface area contributed by atoms with E-state index in [-0.39, 0.29) is 17.3 Å². The molecule has 3 aliphatic carbocycles. The molecule has 118 valence electrons. The Labute approximate surface area is 125 Å². The number of hydrogen-bond donors (Lipinski definition) is 0. The van der Waals surface area contributed by atoms with E-state index in [1.807, 2.05) is 0 Å². The monoisotopic (exact) mass is 314 g/mol. The molecule has 0 aromatic carbocycles. The smallest absolute Gasteiger partial charge is 0.271 e. The summed E-state index contributed by atoms with van der Waals surface area (Å²) in [5, 5.41) is -0.276. The van der Waals surface area contributed by atoms with Crippen molar-refractivity contribution < 1.29 is 22.1 Å². The Morgan fingerprint density at radius 1 is 1.10 bits per heavy atom. The summed E-state index contributed by atoms with van der Waals surface area (Å²) < 4.78 is 42.7. The standard InChI is InChI=1S/C15H22O5S/c16-21(17)12-8-10-7-11(12)15(9-10,20-21)13-3-6-18-14(19-13)4-1-2-5-14/h10-13H,1-9H2. The maximum atomic E-state index is 12.3. The molecule has 2 heterocycles. The van der Waals surface area contributed by atoms with Crippen LogP contribution in [0.5, 0.6) is 0 Å². The molecule has 5 fully saturated rings. The highest BCUT2D eigenvalue weighted by atomic mass is 32.2. The normalized spacial score (nSPS) is 52.8. The Bertz CT molecular complexity index is 567. The van der Waals surface area contributed by atoms with Crippen LogP contribution in [0.4, 0.5) is 0 Å². The number of rotatable bonds is 1. The first kappa shape index (κ1) is 13.3. The Balaban J connectivity index is 1.50. The first-order valence-corrected chi connectivity index (χ1v) is 9.76. The second-order valence-electron chi connectivity index (χ2n) is 7.58. The minimum atomic E-state index is -3.40. The zero-order valence-electron chi connectivity index (χ0n) is 12.1. The highest BCUT2D eigenvalue weighted by Crippen LogP contribution is 2.63. The Morgan fingerprint density at radius 3 is 2.67 bits per heavy atom. The molecule has 5 rings (SSSR count). The van der Waals surface area contributed by atoms with Crippen LogP contribution in [0.1, 0.15) is 51.4 Å². The van der Waals surface area contributed by atoms with Gasteiger partial charge >= 0.3 is 0 Å². The minimum Gasteiger partial charge on any atom is -0.350 e. The van der Waals surface area contributed by atoms with Crippen LogP contribution in [0.15, 0.2) is 0 Å². The van der Waals surface area contributed by atoms with Crippen molar-refractivity contribution in [2.75, 3.05) is 6.61 Å². The van der Waals surface area contributed by atoms with Crippen LogP contribution in [-0.4, -0.2) is 37.8 Å². The van der Waals surface area contributed by atoms with Gasteiger partial charge in [0, 0.05) is 25.2 Å². The predicted molar refractivity (Wildman–Crippen MR) is 74.0 cm³/mol. The van der Waals surface area contributed by atoms with Crippen LogP contribution >= 0.6 is 0 Å². The third-order valence-corrected chi connectivity index (χ3v) is 8.30. The van der Waals surface area contributed by atoms with E-state index in [0.29, 0.717) is 12.5 Å². The van der Waals surface area contributed by atoms with Crippen molar-refractivity contribution >= 4 is 10.1 Å². The van der Waals surface area contributed by atoms with Gasteiger partial charge in [-0.1, -0.05) is 0 Å². The molecule has 0 aromatic heterocycles. The summed E-state index contributed by atoms with van der Waals surface area (Å²) in [6, 6.07) is 0. The van der Waals surface area contributed by atoms with Crippen molar-refractivity contribution in [3.63, 3.8) is 0 Å². The lowest BCUT2D eigenvalue weighted by Gasteiger charge is -2.46. The van der Waals surface area contributed by atoms with Crippen LogP contribution in [0.25, 0.3) is 0 Å². The fourth-order valence-electron chi connectivity index (χ4n) is 5.72. The zero-order valence-corrected chi connectivity index (χ0v) is 12.9. The van der Waals surface area contributed by atoms with E-state index in [1.54, 1.807) is 0 Å². The van der Waals surface area contributed by atoms with Crippen LogP contribution in [0.3, 0.4) is 0 Å². The van der Waals surface area contributed by atoms with Gasteiger partial charge in [0.05, 0.1) is 18.0 Å². The van der Waals surface area contributed by atoms with Crippen molar-refractivity contribution in [3.8, 4) is 0 Å². The molecule has 5 atom stereocenters. The van der Waals surface area contributed by atoms with Gasteiger partial charge in [-0.2, -0.15) is 8.42 Å². The van der Waals surface area contributed by atoms with Crippen molar-refractivity contribution in [3.05, 3.63) is 0 Å². The average molecular weight is 314 g/mol. The number of hydrogen-bond acceptors (Lipinski definition) is 5. The number of fused-ring (bicyclic) bond motifs is 1. The molecule has 21 heavy (non-hydrogen) atoms. The molecular weight excluding hydrogens is 292 g/mol. The average Bonchev–Trinajstić information content (AvgIpc) is 3.14. The Hall–Kier alpha value is -0.170. The highest BCUT2D eigenvalue weighted by Gasteiger charge is 2.71. The Kier molecular flexibility index (Phi) is 2.54. The fourth-order valence-corrected chi connectivity index (χ4v) is 7.83. The van der Waals surface area contributed by atoms with Gasteiger partial charge in [-0.25, -0.2) is 0 Å². The molecule has 5 nitrogen and oxygen atoms in total. The van der Waals surface area contributed by atoms with Gasteiger partial charge in [0.1, 0.15) is 5.60 Å². The first-order valence-electron chi connectivity index (χ1n) is 8.29. The third-order valence-electron chi connectivity index (χ3n) is 6.49. The van der Waals surface area contributed by atoms with Crippen LogP contribution < -0.4 is 0 Å². The zero-order chi connectivity index (χ0) is 14.3. The second kappa shape index (κ2) is 4.02. The SMILES string of the molecule is O=S1(=O)OC2(C3CCOC4(CCCC4)O3)CC3CC2C1C3. The summed E-state index contributed by atoms with van der Waals surface area (Å²) in [4.78, 5) is 0. The largest absolute Gasteiger partial charge is 0.350 e. The topological polar surface area (TPSA) is 61.8 Å². The summed E-state index contributed by atoms with van der Waals surface area (Å²) in [7, 11) is -3.40. The van der Waals surface area contributed by atoms with Crippen LogP contribution in [0.2, 0.25) is 0 Å². The van der Waals surface area contributed by atoms with Gasteiger partial charge in [0.25, 0.3) is 10.1 Å². The molecule has 0 radical (unpaired) electrons. The van der Waals surface area contributed by atoms with Gasteiger partial charge in [-0.3, -0.25) is 4.18 Å². The molecule has 0 amide bonds. The molecule has 5 unspecified atom stereocenters. The van der Waals surface area contributed by atoms with E-state index in [4.69, 9.17) is 13.7 Å². The fraction of sp³-hybridized carbons (Fsp3) is 1.00. The molecule has 0 aromatic rings. The molecule has 0 N–H and O–H groups in total. The van der Waals surface area contributed by atoms with Gasteiger partial charge in [-0.05, 0) is 38.0 Å². The molecule has 3 saturated carbocycles. The van der Waals surface area contributed by atoms with Gasteiger partial charge in [0.2, 0.25) is 0 Å². The van der Waals surface area contributed by atoms with Gasteiger partial charge in [-0.15, -0.1) is 0 Å². The van der Waals surface area contributed by atoms with Crippen LogP contribution in [0, 0.1) is 11.8 Å². The lowest BCUT2D eigenvalue weighted by molar-refractivity contribution is -0.316.